The molecule has 12 heavy (non-hydrogen) atoms. The van der Waals surface area contributed by atoms with Gasteiger partial charge in [0.05, 0.1) is 6.61 Å². The molecular formula is C9H13NO2. The van der Waals surface area contributed by atoms with Crippen molar-refractivity contribution in [3.05, 3.63) is 23.8 Å². The fourth-order valence-corrected chi connectivity index (χ4v) is 0.943. The van der Waals surface area contributed by atoms with Crippen LogP contribution in [0.1, 0.15) is 5.56 Å². The van der Waals surface area contributed by atoms with Crippen LogP contribution in [-0.4, -0.2) is 18.3 Å². The number of aliphatic hydroxyl groups excluding tert-OH is 1. The van der Waals surface area contributed by atoms with E-state index in [4.69, 9.17) is 15.6 Å². The molecule has 0 amide bonds. The summed E-state index contributed by atoms with van der Waals surface area (Å²) in [5, 5.41) is 8.53. The summed E-state index contributed by atoms with van der Waals surface area (Å²) in [6.45, 7) is 2.22. The average Bonchev–Trinajstić information content (AvgIpc) is 2.08. The zero-order valence-corrected chi connectivity index (χ0v) is 7.08. The molecule has 1 aromatic rings. The van der Waals surface area contributed by atoms with Crippen LogP contribution in [0.2, 0.25) is 0 Å². The second-order valence-electron chi connectivity index (χ2n) is 2.54. The summed E-state index contributed by atoms with van der Waals surface area (Å²) in [4.78, 5) is 0. The molecule has 3 heteroatoms. The molecular weight excluding hydrogens is 154 g/mol. The van der Waals surface area contributed by atoms with Crippen LogP contribution in [-0.2, 0) is 0 Å². The van der Waals surface area contributed by atoms with Crippen LogP contribution in [0.3, 0.4) is 0 Å². The van der Waals surface area contributed by atoms with Crippen LogP contribution in [0.15, 0.2) is 18.2 Å². The van der Waals surface area contributed by atoms with E-state index in [9.17, 15) is 0 Å². The number of hydrogen-bond acceptors (Lipinski definition) is 3. The van der Waals surface area contributed by atoms with E-state index in [2.05, 4.69) is 0 Å². The standard InChI is InChI=1S/C9H13NO2/c1-7-8(10)3-2-4-9(7)12-6-5-11/h2-4,11H,5-6,10H2,1H3. The molecule has 0 saturated heterocycles. The molecule has 0 aliphatic heterocycles. The van der Waals surface area contributed by atoms with Crippen molar-refractivity contribution in [2.45, 2.75) is 6.92 Å². The predicted octanol–water partition coefficient (Wildman–Crippen LogP) is 0.948. The van der Waals surface area contributed by atoms with Gasteiger partial charge in [0.15, 0.2) is 0 Å². The van der Waals surface area contributed by atoms with Crippen molar-refractivity contribution in [3.63, 3.8) is 0 Å². The summed E-state index contributed by atoms with van der Waals surface area (Å²) >= 11 is 0. The summed E-state index contributed by atoms with van der Waals surface area (Å²) in [6.07, 6.45) is 0. The molecule has 0 aromatic heterocycles. The highest BCUT2D eigenvalue weighted by Crippen LogP contribution is 2.22. The van der Waals surface area contributed by atoms with Gasteiger partial charge < -0.3 is 15.6 Å². The first kappa shape index (κ1) is 8.87. The second kappa shape index (κ2) is 3.97. The summed E-state index contributed by atoms with van der Waals surface area (Å²) in [6, 6.07) is 5.48. The van der Waals surface area contributed by atoms with Crippen molar-refractivity contribution in [1.29, 1.82) is 0 Å². The van der Waals surface area contributed by atoms with Crippen molar-refractivity contribution >= 4 is 5.69 Å². The molecule has 3 N–H and O–H groups in total. The number of ether oxygens (including phenoxy) is 1. The Morgan fingerprint density at radius 1 is 1.50 bits per heavy atom. The van der Waals surface area contributed by atoms with Crippen LogP contribution in [0.4, 0.5) is 5.69 Å². The van der Waals surface area contributed by atoms with E-state index in [1.54, 1.807) is 0 Å². The molecule has 0 radical (unpaired) electrons. The monoisotopic (exact) mass is 167 g/mol. The molecule has 0 aliphatic carbocycles. The number of benzene rings is 1. The molecule has 66 valence electrons. The van der Waals surface area contributed by atoms with Gasteiger partial charge in [-0.1, -0.05) is 6.07 Å². The van der Waals surface area contributed by atoms with E-state index >= 15 is 0 Å². The minimum Gasteiger partial charge on any atom is -0.491 e. The predicted molar refractivity (Wildman–Crippen MR) is 48.2 cm³/mol. The highest BCUT2D eigenvalue weighted by atomic mass is 16.5. The Hall–Kier alpha value is -1.22. The van der Waals surface area contributed by atoms with Crippen molar-refractivity contribution in [3.8, 4) is 5.75 Å². The van der Waals surface area contributed by atoms with E-state index in [1.165, 1.54) is 0 Å². The van der Waals surface area contributed by atoms with Gasteiger partial charge in [-0.2, -0.15) is 0 Å². The van der Waals surface area contributed by atoms with Crippen LogP contribution in [0.5, 0.6) is 5.75 Å². The first-order chi connectivity index (χ1) is 5.75. The maximum atomic E-state index is 8.53. The van der Waals surface area contributed by atoms with Crippen molar-refractivity contribution in [2.24, 2.45) is 0 Å². The molecule has 0 saturated carbocycles. The largest absolute Gasteiger partial charge is 0.491 e. The van der Waals surface area contributed by atoms with Gasteiger partial charge in [-0.3, -0.25) is 0 Å². The van der Waals surface area contributed by atoms with Gasteiger partial charge in [0.1, 0.15) is 12.4 Å². The third-order valence-electron chi connectivity index (χ3n) is 1.67. The third kappa shape index (κ3) is 1.89. The zero-order valence-electron chi connectivity index (χ0n) is 7.08. The number of rotatable bonds is 3. The summed E-state index contributed by atoms with van der Waals surface area (Å²) in [7, 11) is 0. The van der Waals surface area contributed by atoms with Crippen LogP contribution < -0.4 is 10.5 Å². The van der Waals surface area contributed by atoms with Gasteiger partial charge in [-0.15, -0.1) is 0 Å². The molecule has 1 aromatic carbocycles. The first-order valence-electron chi connectivity index (χ1n) is 3.84. The molecule has 0 heterocycles. The number of aliphatic hydroxyl groups is 1. The molecule has 3 nitrogen and oxygen atoms in total. The van der Waals surface area contributed by atoms with E-state index in [1.807, 2.05) is 25.1 Å². The summed E-state index contributed by atoms with van der Waals surface area (Å²) < 4.78 is 5.24. The maximum absolute atomic E-state index is 8.53. The Labute approximate surface area is 71.8 Å². The number of hydrogen-bond donors (Lipinski definition) is 2. The van der Waals surface area contributed by atoms with Crippen molar-refractivity contribution < 1.29 is 9.84 Å². The molecule has 0 fully saturated rings. The minimum absolute atomic E-state index is 0.0221. The van der Waals surface area contributed by atoms with Crippen LogP contribution >= 0.6 is 0 Å². The van der Waals surface area contributed by atoms with Gasteiger partial charge in [0.2, 0.25) is 0 Å². The Morgan fingerprint density at radius 2 is 2.25 bits per heavy atom. The van der Waals surface area contributed by atoms with E-state index in [-0.39, 0.29) is 6.61 Å². The third-order valence-corrected chi connectivity index (χ3v) is 1.67. The molecule has 1 rings (SSSR count). The fraction of sp³-hybridized carbons (Fsp3) is 0.333. The SMILES string of the molecule is Cc1c(N)cccc1OCCO. The zero-order chi connectivity index (χ0) is 8.97. The molecule has 0 bridgehead atoms. The molecule has 0 aliphatic rings. The Kier molecular flexibility index (Phi) is 2.94. The van der Waals surface area contributed by atoms with Gasteiger partial charge in [-0.05, 0) is 19.1 Å². The number of anilines is 1. The van der Waals surface area contributed by atoms with Gasteiger partial charge in [0, 0.05) is 11.3 Å². The van der Waals surface area contributed by atoms with E-state index < -0.39 is 0 Å². The first-order valence-corrected chi connectivity index (χ1v) is 3.84. The summed E-state index contributed by atoms with van der Waals surface area (Å²) in [5.74, 6) is 0.740. The van der Waals surface area contributed by atoms with Gasteiger partial charge in [0.25, 0.3) is 0 Å². The van der Waals surface area contributed by atoms with Crippen molar-refractivity contribution in [2.75, 3.05) is 18.9 Å². The Morgan fingerprint density at radius 3 is 2.92 bits per heavy atom. The minimum atomic E-state index is 0.0221. The average molecular weight is 167 g/mol. The lowest BCUT2D eigenvalue weighted by molar-refractivity contribution is 0.200. The number of nitrogens with two attached hydrogens (primary N) is 1. The van der Waals surface area contributed by atoms with E-state index in [0.29, 0.717) is 12.3 Å². The second-order valence-corrected chi connectivity index (χ2v) is 2.54. The topological polar surface area (TPSA) is 55.5 Å². The molecule has 0 unspecified atom stereocenters. The lowest BCUT2D eigenvalue weighted by Gasteiger charge is -2.08. The Balaban J connectivity index is 2.78. The van der Waals surface area contributed by atoms with Crippen LogP contribution in [0, 0.1) is 6.92 Å². The molecule has 0 spiro atoms. The van der Waals surface area contributed by atoms with Crippen molar-refractivity contribution in [1.82, 2.24) is 0 Å². The lowest BCUT2D eigenvalue weighted by Crippen LogP contribution is -2.03. The van der Waals surface area contributed by atoms with E-state index in [0.717, 1.165) is 11.3 Å². The fourth-order valence-electron chi connectivity index (χ4n) is 0.943. The highest BCUT2D eigenvalue weighted by molar-refractivity contribution is 5.53. The quantitative estimate of drug-likeness (QED) is 0.659. The summed E-state index contributed by atoms with van der Waals surface area (Å²) in [5.41, 5.74) is 7.29. The normalized spacial score (nSPS) is 9.83. The lowest BCUT2D eigenvalue weighted by atomic mass is 10.2. The molecule has 0 atom stereocenters. The van der Waals surface area contributed by atoms with Gasteiger partial charge >= 0.3 is 0 Å². The maximum Gasteiger partial charge on any atom is 0.124 e. The number of nitrogen functional groups attached to an aromatic ring is 1. The highest BCUT2D eigenvalue weighted by Gasteiger charge is 2.00. The van der Waals surface area contributed by atoms with Crippen LogP contribution in [0.25, 0.3) is 0 Å². The smallest absolute Gasteiger partial charge is 0.124 e. The Bertz CT molecular complexity index is 261. The van der Waals surface area contributed by atoms with Gasteiger partial charge in [-0.25, -0.2) is 0 Å².